The minimum atomic E-state index is -2.40. The summed E-state index contributed by atoms with van der Waals surface area (Å²) >= 11 is 0. The predicted molar refractivity (Wildman–Crippen MR) is 153 cm³/mol. The van der Waals surface area contributed by atoms with Gasteiger partial charge in [-0.05, 0) is 63.2 Å². The number of anilines is 3. The molecule has 4 aromatic rings. The summed E-state index contributed by atoms with van der Waals surface area (Å²) in [7, 11) is -2.40. The number of nitrogens with one attached hydrogen (secondary N) is 2. The number of pyridine rings is 1. The number of aromatic nitrogens is 5. The predicted octanol–water partition coefficient (Wildman–Crippen LogP) is 3.46. The molecule has 0 unspecified atom stereocenters. The first kappa shape index (κ1) is 25.9. The van der Waals surface area contributed by atoms with Crippen molar-refractivity contribution in [2.75, 3.05) is 48.9 Å². The highest BCUT2D eigenvalue weighted by Gasteiger charge is 2.20. The molecule has 0 bridgehead atoms. The Morgan fingerprint density at radius 3 is 2.58 bits per heavy atom. The fourth-order valence-electron chi connectivity index (χ4n) is 4.54. The fraction of sp³-hybridized carbons (Fsp3) is 0.385. The van der Waals surface area contributed by atoms with Crippen LogP contribution in [0.4, 0.5) is 23.1 Å². The number of benzene rings is 1. The third kappa shape index (κ3) is 5.55. The molecule has 4 heterocycles. The molecule has 1 aliphatic heterocycles. The van der Waals surface area contributed by atoms with E-state index in [-0.39, 0.29) is 11.6 Å². The molecule has 200 valence electrons. The second kappa shape index (κ2) is 10.5. The maximum Gasteiger partial charge on any atom is 0.278 e. The van der Waals surface area contributed by atoms with E-state index in [1.54, 1.807) is 46.3 Å². The zero-order valence-corrected chi connectivity index (χ0v) is 22.9. The molecule has 11 nitrogen and oxygen atoms in total. The molecule has 0 radical (unpaired) electrons. The average Bonchev–Trinajstić information content (AvgIpc) is 3.01. The lowest BCUT2D eigenvalue weighted by molar-refractivity contribution is 0.472. The van der Waals surface area contributed by atoms with Crippen molar-refractivity contribution in [3.63, 3.8) is 0 Å². The molecule has 2 N–H and O–H groups in total. The number of fused-ring (bicyclic) bond motifs is 1. The zero-order chi connectivity index (χ0) is 26.9. The highest BCUT2D eigenvalue weighted by molar-refractivity contribution is 7.92. The Labute approximate surface area is 222 Å². The summed E-state index contributed by atoms with van der Waals surface area (Å²) in [5.41, 5.74) is 2.24. The zero-order valence-electron chi connectivity index (χ0n) is 22.1. The second-order valence-corrected chi connectivity index (χ2v) is 12.4. The average molecular weight is 536 g/mol. The van der Waals surface area contributed by atoms with Crippen molar-refractivity contribution in [1.29, 1.82) is 0 Å². The SMILES string of the molecule is CC(C)n1c(=O)c2cnc(Nc3ccc(N4CCCNCC4)cc3)nc2n1-c1cccc(N=S(C)(C)=O)n1. The van der Waals surface area contributed by atoms with Crippen LogP contribution in [0.1, 0.15) is 26.3 Å². The van der Waals surface area contributed by atoms with E-state index in [0.29, 0.717) is 28.6 Å². The van der Waals surface area contributed by atoms with Crippen molar-refractivity contribution in [2.24, 2.45) is 4.36 Å². The first-order valence-electron chi connectivity index (χ1n) is 12.7. The van der Waals surface area contributed by atoms with Crippen LogP contribution in [0.15, 0.2) is 57.8 Å². The molecule has 0 aliphatic carbocycles. The summed E-state index contributed by atoms with van der Waals surface area (Å²) < 4.78 is 19.7. The van der Waals surface area contributed by atoms with Crippen LogP contribution in [-0.2, 0) is 9.73 Å². The van der Waals surface area contributed by atoms with Gasteiger partial charge in [0.15, 0.2) is 17.3 Å². The monoisotopic (exact) mass is 535 g/mol. The maximum atomic E-state index is 13.3. The second-order valence-electron chi connectivity index (χ2n) is 9.88. The van der Waals surface area contributed by atoms with Gasteiger partial charge in [-0.2, -0.15) is 9.35 Å². The van der Waals surface area contributed by atoms with Crippen LogP contribution < -0.4 is 21.1 Å². The van der Waals surface area contributed by atoms with Crippen molar-refractivity contribution in [1.82, 2.24) is 29.6 Å². The Balaban J connectivity index is 1.52. The van der Waals surface area contributed by atoms with Crippen LogP contribution in [0.25, 0.3) is 16.9 Å². The van der Waals surface area contributed by atoms with E-state index >= 15 is 0 Å². The van der Waals surface area contributed by atoms with Crippen LogP contribution >= 0.6 is 0 Å². The smallest absolute Gasteiger partial charge is 0.278 e. The molecular weight excluding hydrogens is 502 g/mol. The van der Waals surface area contributed by atoms with Crippen molar-refractivity contribution < 1.29 is 4.21 Å². The largest absolute Gasteiger partial charge is 0.370 e. The molecule has 0 saturated carbocycles. The topological polar surface area (TPSA) is 122 Å². The molecule has 5 rings (SSSR count). The first-order chi connectivity index (χ1) is 18.2. The van der Waals surface area contributed by atoms with E-state index in [1.165, 1.54) is 5.69 Å². The van der Waals surface area contributed by atoms with Gasteiger partial charge < -0.3 is 15.5 Å². The summed E-state index contributed by atoms with van der Waals surface area (Å²) in [5, 5.41) is 7.07. The summed E-state index contributed by atoms with van der Waals surface area (Å²) in [6.07, 6.45) is 5.77. The summed E-state index contributed by atoms with van der Waals surface area (Å²) in [4.78, 5) is 29.4. The molecule has 0 atom stereocenters. The molecule has 1 saturated heterocycles. The standard InChI is InChI=1S/C26H33N9O2S/c1-18(2)34-25(36)21-17-28-26(29-19-9-11-20(12-10-19)33-15-6-13-27-14-16-33)31-24(21)35(34)23-8-5-7-22(30-23)32-38(3,4)37/h5,7-12,17-18,27H,6,13-16H2,1-4H3,(H,28,29,31). The van der Waals surface area contributed by atoms with E-state index in [1.807, 2.05) is 26.0 Å². The molecule has 12 heteroatoms. The highest BCUT2D eigenvalue weighted by Crippen LogP contribution is 2.23. The van der Waals surface area contributed by atoms with E-state index in [9.17, 15) is 9.00 Å². The third-order valence-corrected chi connectivity index (χ3v) is 6.82. The summed E-state index contributed by atoms with van der Waals surface area (Å²) in [6.45, 7) is 7.88. The Morgan fingerprint density at radius 1 is 1.05 bits per heavy atom. The van der Waals surface area contributed by atoms with Crippen molar-refractivity contribution in [3.05, 3.63) is 59.0 Å². The van der Waals surface area contributed by atoms with Gasteiger partial charge >= 0.3 is 0 Å². The minimum Gasteiger partial charge on any atom is -0.370 e. The number of rotatable bonds is 6. The van der Waals surface area contributed by atoms with Gasteiger partial charge in [-0.3, -0.25) is 4.79 Å². The fourth-order valence-corrected chi connectivity index (χ4v) is 5.09. The van der Waals surface area contributed by atoms with E-state index < -0.39 is 9.73 Å². The van der Waals surface area contributed by atoms with Gasteiger partial charge in [-0.25, -0.2) is 23.5 Å². The van der Waals surface area contributed by atoms with Crippen LogP contribution in [-0.4, -0.2) is 67.2 Å². The molecule has 1 fully saturated rings. The Morgan fingerprint density at radius 2 is 1.84 bits per heavy atom. The highest BCUT2D eigenvalue weighted by atomic mass is 32.2. The molecule has 0 amide bonds. The quantitative estimate of drug-likeness (QED) is 0.385. The maximum absolute atomic E-state index is 13.3. The normalized spacial score (nSPS) is 14.6. The molecule has 3 aromatic heterocycles. The van der Waals surface area contributed by atoms with Gasteiger partial charge in [0.05, 0.1) is 0 Å². The van der Waals surface area contributed by atoms with Crippen LogP contribution in [0.5, 0.6) is 0 Å². The lowest BCUT2D eigenvalue weighted by Crippen LogP contribution is -2.27. The van der Waals surface area contributed by atoms with Gasteiger partial charge in [0, 0.05) is 65.5 Å². The van der Waals surface area contributed by atoms with Crippen molar-refractivity contribution in [3.8, 4) is 5.82 Å². The lowest BCUT2D eigenvalue weighted by Gasteiger charge is -2.22. The van der Waals surface area contributed by atoms with Gasteiger partial charge in [-0.1, -0.05) is 6.07 Å². The first-order valence-corrected chi connectivity index (χ1v) is 15.0. The molecule has 0 spiro atoms. The van der Waals surface area contributed by atoms with Gasteiger partial charge in [0.1, 0.15) is 5.39 Å². The number of hydrogen-bond acceptors (Lipinski definition) is 9. The molecule has 1 aliphatic rings. The summed E-state index contributed by atoms with van der Waals surface area (Å²) in [6, 6.07) is 13.3. The Hall–Kier alpha value is -3.77. The van der Waals surface area contributed by atoms with E-state index in [4.69, 9.17) is 4.98 Å². The van der Waals surface area contributed by atoms with Gasteiger partial charge in [0.2, 0.25) is 5.95 Å². The Kier molecular flexibility index (Phi) is 7.17. The van der Waals surface area contributed by atoms with Crippen molar-refractivity contribution in [2.45, 2.75) is 26.3 Å². The van der Waals surface area contributed by atoms with Gasteiger partial charge in [-0.15, -0.1) is 0 Å². The van der Waals surface area contributed by atoms with Crippen molar-refractivity contribution >= 4 is 43.9 Å². The number of nitrogens with zero attached hydrogens (tertiary/aromatic N) is 7. The Bertz CT molecular complexity index is 1620. The molecular formula is C26H33N9O2S. The van der Waals surface area contributed by atoms with Gasteiger partial charge in [0.25, 0.3) is 5.56 Å². The van der Waals surface area contributed by atoms with Crippen LogP contribution in [0.2, 0.25) is 0 Å². The third-order valence-electron chi connectivity index (χ3n) is 6.19. The summed E-state index contributed by atoms with van der Waals surface area (Å²) in [5.74, 6) is 1.15. The molecule has 1 aromatic carbocycles. The van der Waals surface area contributed by atoms with Crippen LogP contribution in [0.3, 0.4) is 0 Å². The minimum absolute atomic E-state index is 0.168. The van der Waals surface area contributed by atoms with Crippen LogP contribution in [0, 0.1) is 0 Å². The van der Waals surface area contributed by atoms with E-state index in [2.05, 4.69) is 42.0 Å². The molecule has 38 heavy (non-hydrogen) atoms. The van der Waals surface area contributed by atoms with E-state index in [0.717, 1.165) is 38.3 Å². The lowest BCUT2D eigenvalue weighted by atomic mass is 10.2. The number of hydrogen-bond donors (Lipinski definition) is 2.